The van der Waals surface area contributed by atoms with Gasteiger partial charge in [-0.2, -0.15) is 0 Å². The second-order valence-electron chi connectivity index (χ2n) is 9.09. The van der Waals surface area contributed by atoms with E-state index < -0.39 is 5.54 Å². The van der Waals surface area contributed by atoms with Crippen molar-refractivity contribution in [3.8, 4) is 11.5 Å². The van der Waals surface area contributed by atoms with E-state index >= 15 is 0 Å². The van der Waals surface area contributed by atoms with E-state index in [9.17, 15) is 5.11 Å². The van der Waals surface area contributed by atoms with E-state index in [1.54, 1.807) is 7.11 Å². The van der Waals surface area contributed by atoms with Gasteiger partial charge in [0.05, 0.1) is 20.3 Å². The molecule has 0 heterocycles. The number of aliphatic hydroxyl groups excluding tert-OH is 1. The number of unbranched alkanes of at least 4 members (excludes halogenated alkanes) is 2. The Labute approximate surface area is 171 Å². The molecule has 4 nitrogen and oxygen atoms in total. The molecule has 1 aromatic carbocycles. The third-order valence-electron chi connectivity index (χ3n) is 6.08. The summed E-state index contributed by atoms with van der Waals surface area (Å²) >= 11 is 0. The lowest BCUT2D eigenvalue weighted by atomic mass is 9.75. The van der Waals surface area contributed by atoms with Crippen molar-refractivity contribution in [1.29, 1.82) is 0 Å². The Morgan fingerprint density at radius 2 is 2.00 bits per heavy atom. The normalized spacial score (nSPS) is 16.6. The van der Waals surface area contributed by atoms with Gasteiger partial charge in [0, 0.05) is 11.6 Å². The van der Waals surface area contributed by atoms with Gasteiger partial charge in [0.15, 0.2) is 0 Å². The SMILES string of the molecule is COc1cc(OCCCCCC(C)C)ccc1CCC(N)(CO)CC1CCC1. The largest absolute Gasteiger partial charge is 0.496 e. The molecule has 160 valence electrons. The first kappa shape index (κ1) is 23.0. The van der Waals surface area contributed by atoms with E-state index in [1.807, 2.05) is 12.1 Å². The van der Waals surface area contributed by atoms with Crippen LogP contribution in [0.4, 0.5) is 0 Å². The highest BCUT2D eigenvalue weighted by atomic mass is 16.5. The highest BCUT2D eigenvalue weighted by molar-refractivity contribution is 5.41. The van der Waals surface area contributed by atoms with E-state index in [1.165, 1.54) is 38.5 Å². The Morgan fingerprint density at radius 1 is 1.21 bits per heavy atom. The Hall–Kier alpha value is -1.26. The highest BCUT2D eigenvalue weighted by Crippen LogP contribution is 2.35. The number of hydrogen-bond acceptors (Lipinski definition) is 4. The molecule has 0 radical (unpaired) electrons. The second kappa shape index (κ2) is 11.7. The van der Waals surface area contributed by atoms with Crippen LogP contribution in [0, 0.1) is 11.8 Å². The Balaban J connectivity index is 1.81. The molecule has 1 saturated carbocycles. The minimum Gasteiger partial charge on any atom is -0.496 e. The number of hydrogen-bond donors (Lipinski definition) is 2. The Kier molecular flexibility index (Phi) is 9.60. The third-order valence-corrected chi connectivity index (χ3v) is 6.08. The first-order valence-corrected chi connectivity index (χ1v) is 11.2. The topological polar surface area (TPSA) is 64.7 Å². The summed E-state index contributed by atoms with van der Waals surface area (Å²) in [5.74, 6) is 3.18. The molecule has 1 aromatic rings. The van der Waals surface area contributed by atoms with Crippen molar-refractivity contribution < 1.29 is 14.6 Å². The van der Waals surface area contributed by atoms with Crippen LogP contribution in [-0.4, -0.2) is 31.0 Å². The van der Waals surface area contributed by atoms with Gasteiger partial charge >= 0.3 is 0 Å². The van der Waals surface area contributed by atoms with Crippen LogP contribution in [0.2, 0.25) is 0 Å². The molecule has 1 unspecified atom stereocenters. The smallest absolute Gasteiger partial charge is 0.125 e. The molecule has 3 N–H and O–H groups in total. The van der Waals surface area contributed by atoms with Gasteiger partial charge in [0.1, 0.15) is 11.5 Å². The summed E-state index contributed by atoms with van der Waals surface area (Å²) in [5, 5.41) is 9.82. The molecule has 0 amide bonds. The van der Waals surface area contributed by atoms with Crippen molar-refractivity contribution in [1.82, 2.24) is 0 Å². The summed E-state index contributed by atoms with van der Waals surface area (Å²) in [4.78, 5) is 0. The van der Waals surface area contributed by atoms with E-state index in [2.05, 4.69) is 19.9 Å². The molecule has 2 rings (SSSR count). The van der Waals surface area contributed by atoms with Crippen LogP contribution < -0.4 is 15.2 Å². The Morgan fingerprint density at radius 3 is 2.61 bits per heavy atom. The zero-order chi connectivity index (χ0) is 20.4. The summed E-state index contributed by atoms with van der Waals surface area (Å²) in [6.07, 6.45) is 11.2. The summed E-state index contributed by atoms with van der Waals surface area (Å²) in [5.41, 5.74) is 7.13. The molecule has 1 fully saturated rings. The maximum absolute atomic E-state index is 9.82. The maximum Gasteiger partial charge on any atom is 0.125 e. The van der Waals surface area contributed by atoms with Crippen LogP contribution in [0.1, 0.15) is 77.2 Å². The van der Waals surface area contributed by atoms with Gasteiger partial charge in [-0.05, 0) is 49.1 Å². The van der Waals surface area contributed by atoms with Gasteiger partial charge < -0.3 is 20.3 Å². The summed E-state index contributed by atoms with van der Waals surface area (Å²) in [7, 11) is 1.70. The standard InChI is InChI=1S/C24H41NO3/c1-19(2)8-5-4-6-15-28-22-12-11-21(23(16-22)27-3)13-14-24(25,18-26)17-20-9-7-10-20/h11-12,16,19-20,26H,4-10,13-15,17-18,25H2,1-3H3. The zero-order valence-electron chi connectivity index (χ0n) is 18.2. The fourth-order valence-corrected chi connectivity index (χ4v) is 3.94. The number of benzene rings is 1. The Bertz CT molecular complexity index is 571. The first-order valence-electron chi connectivity index (χ1n) is 11.2. The average Bonchev–Trinajstić information content (AvgIpc) is 2.66. The average molecular weight is 392 g/mol. The fraction of sp³-hybridized carbons (Fsp3) is 0.750. The zero-order valence-corrected chi connectivity index (χ0v) is 18.2. The molecular formula is C24H41NO3. The molecule has 1 aliphatic rings. The summed E-state index contributed by atoms with van der Waals surface area (Å²) in [6, 6.07) is 6.08. The third kappa shape index (κ3) is 7.63. The maximum atomic E-state index is 9.82. The van der Waals surface area contributed by atoms with Gasteiger partial charge in [-0.25, -0.2) is 0 Å². The predicted octanol–water partition coefficient (Wildman–Crippen LogP) is 5.10. The van der Waals surface area contributed by atoms with E-state index in [0.717, 1.165) is 55.3 Å². The predicted molar refractivity (Wildman–Crippen MR) is 116 cm³/mol. The lowest BCUT2D eigenvalue weighted by Gasteiger charge is -2.36. The quantitative estimate of drug-likeness (QED) is 0.433. The van der Waals surface area contributed by atoms with E-state index in [0.29, 0.717) is 5.92 Å². The van der Waals surface area contributed by atoms with Crippen molar-refractivity contribution in [2.75, 3.05) is 20.3 Å². The van der Waals surface area contributed by atoms with Crippen molar-refractivity contribution in [3.05, 3.63) is 23.8 Å². The monoisotopic (exact) mass is 391 g/mol. The van der Waals surface area contributed by atoms with Crippen molar-refractivity contribution in [3.63, 3.8) is 0 Å². The van der Waals surface area contributed by atoms with Crippen LogP contribution in [0.3, 0.4) is 0 Å². The number of rotatable bonds is 14. The number of aryl methyl sites for hydroxylation is 1. The molecule has 0 aliphatic heterocycles. The van der Waals surface area contributed by atoms with E-state index in [4.69, 9.17) is 15.2 Å². The van der Waals surface area contributed by atoms with Crippen LogP contribution >= 0.6 is 0 Å². The molecular weight excluding hydrogens is 350 g/mol. The molecule has 0 spiro atoms. The molecule has 0 bridgehead atoms. The van der Waals surface area contributed by atoms with Crippen LogP contribution in [0.5, 0.6) is 11.5 Å². The minimum absolute atomic E-state index is 0.0455. The van der Waals surface area contributed by atoms with Crippen molar-refractivity contribution in [2.24, 2.45) is 17.6 Å². The van der Waals surface area contributed by atoms with Crippen LogP contribution in [0.15, 0.2) is 18.2 Å². The van der Waals surface area contributed by atoms with Crippen molar-refractivity contribution >= 4 is 0 Å². The van der Waals surface area contributed by atoms with E-state index in [-0.39, 0.29) is 6.61 Å². The number of methoxy groups -OCH3 is 1. The second-order valence-corrected chi connectivity index (χ2v) is 9.09. The molecule has 0 aromatic heterocycles. The minimum atomic E-state index is -0.485. The number of aliphatic hydroxyl groups is 1. The fourth-order valence-electron chi connectivity index (χ4n) is 3.94. The van der Waals surface area contributed by atoms with Gasteiger partial charge in [-0.15, -0.1) is 0 Å². The lowest BCUT2D eigenvalue weighted by molar-refractivity contribution is 0.135. The van der Waals surface area contributed by atoms with Gasteiger partial charge in [0.2, 0.25) is 0 Å². The number of ether oxygens (including phenoxy) is 2. The molecule has 0 saturated heterocycles. The molecule has 4 heteroatoms. The van der Waals surface area contributed by atoms with Gasteiger partial charge in [0.25, 0.3) is 0 Å². The highest BCUT2D eigenvalue weighted by Gasteiger charge is 2.31. The van der Waals surface area contributed by atoms with Crippen LogP contribution in [0.25, 0.3) is 0 Å². The lowest BCUT2D eigenvalue weighted by Crippen LogP contribution is -2.46. The molecule has 1 atom stereocenters. The van der Waals surface area contributed by atoms with Gasteiger partial charge in [-0.3, -0.25) is 0 Å². The van der Waals surface area contributed by atoms with Gasteiger partial charge in [-0.1, -0.05) is 58.4 Å². The molecule has 1 aliphatic carbocycles. The summed E-state index contributed by atoms with van der Waals surface area (Å²) < 4.78 is 11.5. The summed E-state index contributed by atoms with van der Waals surface area (Å²) in [6.45, 7) is 5.34. The van der Waals surface area contributed by atoms with Crippen LogP contribution in [-0.2, 0) is 6.42 Å². The number of nitrogens with two attached hydrogens (primary N) is 1. The van der Waals surface area contributed by atoms with Crippen molar-refractivity contribution in [2.45, 2.75) is 83.6 Å². The first-order chi connectivity index (χ1) is 13.5. The molecule has 28 heavy (non-hydrogen) atoms.